The molecule has 0 saturated carbocycles. The van der Waals surface area contributed by atoms with E-state index in [4.69, 9.17) is 0 Å². The maximum Gasteiger partial charge on any atom is 1.00 e. The van der Waals surface area contributed by atoms with E-state index in [9.17, 15) is 18.7 Å². The molecule has 0 heterocycles. The quantitative estimate of drug-likeness (QED) is 0.602. The van der Waals surface area contributed by atoms with E-state index in [2.05, 4.69) is 15.9 Å². The number of rotatable bonds is 2. The van der Waals surface area contributed by atoms with Crippen molar-refractivity contribution in [2.45, 2.75) is 5.92 Å². The molecular weight excluding hydrogens is 269 g/mol. The van der Waals surface area contributed by atoms with E-state index < -0.39 is 17.5 Å². The van der Waals surface area contributed by atoms with Crippen LogP contribution in [0.25, 0.3) is 0 Å². The van der Waals surface area contributed by atoms with Crippen molar-refractivity contribution in [3.05, 3.63) is 34.3 Å². The normalized spacial score (nSPS) is 10.5. The first-order valence-corrected chi connectivity index (χ1v) is 4.09. The number of carboxylic acid groups (broad SMARTS) is 1. The minimum absolute atomic E-state index is 0. The van der Waals surface area contributed by atoms with Crippen molar-refractivity contribution >= 4 is 21.9 Å². The van der Waals surface area contributed by atoms with Crippen molar-refractivity contribution in [2.24, 2.45) is 0 Å². The van der Waals surface area contributed by atoms with Crippen molar-refractivity contribution in [2.75, 3.05) is 0 Å². The number of aliphatic carboxylic acids is 1. The topological polar surface area (TPSA) is 40.1 Å². The van der Waals surface area contributed by atoms with Crippen molar-refractivity contribution in [1.29, 1.82) is 0 Å². The van der Waals surface area contributed by atoms with Gasteiger partial charge < -0.3 is 9.90 Å². The Morgan fingerprint density at radius 1 is 1.43 bits per heavy atom. The largest absolute Gasteiger partial charge is 1.00 e. The van der Waals surface area contributed by atoms with E-state index in [0.29, 0.717) is 4.47 Å². The Balaban J connectivity index is 0.00000169. The van der Waals surface area contributed by atoms with Gasteiger partial charge in [-0.3, -0.25) is 0 Å². The van der Waals surface area contributed by atoms with E-state index in [0.717, 1.165) is 12.1 Å². The number of carbonyl (C=O) groups excluding carboxylic acids is 1. The standard InChI is InChI=1S/C8H5BrF2O2.Na/c9-6-3-1-2-5(4-6)8(10,11)7(12)13;/h1-4H,(H,12,13);/q;+1/p-1. The van der Waals surface area contributed by atoms with E-state index in [1.54, 1.807) is 0 Å². The van der Waals surface area contributed by atoms with E-state index in [-0.39, 0.29) is 29.6 Å². The molecular formula is C8H4BrF2NaO2. The maximum absolute atomic E-state index is 12.8. The molecule has 0 N–H and O–H groups in total. The molecule has 1 aromatic rings. The Labute approximate surface area is 110 Å². The fourth-order valence-corrected chi connectivity index (χ4v) is 1.20. The Morgan fingerprint density at radius 2 is 2.00 bits per heavy atom. The van der Waals surface area contributed by atoms with Gasteiger partial charge in [0.25, 0.3) is 0 Å². The van der Waals surface area contributed by atoms with Crippen molar-refractivity contribution in [3.8, 4) is 0 Å². The van der Waals surface area contributed by atoms with Crippen LogP contribution >= 0.6 is 15.9 Å². The van der Waals surface area contributed by atoms with Crippen LogP contribution in [0.1, 0.15) is 5.56 Å². The van der Waals surface area contributed by atoms with E-state index in [1.165, 1.54) is 12.1 Å². The first-order valence-electron chi connectivity index (χ1n) is 3.30. The second kappa shape index (κ2) is 5.21. The fourth-order valence-electron chi connectivity index (χ4n) is 0.802. The summed E-state index contributed by atoms with van der Waals surface area (Å²) < 4.78 is 25.9. The molecule has 0 atom stereocenters. The fraction of sp³-hybridized carbons (Fsp3) is 0.125. The van der Waals surface area contributed by atoms with Gasteiger partial charge in [-0.05, 0) is 12.1 Å². The summed E-state index contributed by atoms with van der Waals surface area (Å²) in [5.41, 5.74) is -0.595. The summed E-state index contributed by atoms with van der Waals surface area (Å²) in [6, 6.07) is 4.92. The second-order valence-electron chi connectivity index (χ2n) is 2.37. The summed E-state index contributed by atoms with van der Waals surface area (Å²) in [5.74, 6) is -6.34. The molecule has 0 amide bonds. The van der Waals surface area contributed by atoms with Crippen LogP contribution in [0.15, 0.2) is 28.7 Å². The molecule has 0 radical (unpaired) electrons. The maximum atomic E-state index is 12.8. The zero-order valence-corrected chi connectivity index (χ0v) is 10.8. The van der Waals surface area contributed by atoms with Gasteiger partial charge >= 0.3 is 35.5 Å². The zero-order valence-electron chi connectivity index (χ0n) is 7.26. The van der Waals surface area contributed by atoms with Gasteiger partial charge in [0.15, 0.2) is 0 Å². The predicted octanol–water partition coefficient (Wildman–Crippen LogP) is -1.71. The smallest absolute Gasteiger partial charge is 0.544 e. The summed E-state index contributed by atoms with van der Waals surface area (Å²) in [6.45, 7) is 0. The molecule has 0 fully saturated rings. The van der Waals surface area contributed by atoms with Gasteiger partial charge in [-0.25, -0.2) is 0 Å². The molecule has 6 heteroatoms. The average molecular weight is 273 g/mol. The molecule has 0 saturated heterocycles. The van der Waals surface area contributed by atoms with Crippen LogP contribution in [0.3, 0.4) is 0 Å². The number of halogens is 3. The third-order valence-corrected chi connectivity index (χ3v) is 1.94. The van der Waals surface area contributed by atoms with Crippen molar-refractivity contribution in [1.82, 2.24) is 0 Å². The number of hydrogen-bond acceptors (Lipinski definition) is 2. The summed E-state index contributed by atoms with van der Waals surface area (Å²) in [4.78, 5) is 10.1. The van der Waals surface area contributed by atoms with Crippen LogP contribution in [0, 0.1) is 0 Å². The Hall–Kier alpha value is 0.0300. The van der Waals surface area contributed by atoms with Gasteiger partial charge in [0, 0.05) is 10.0 Å². The molecule has 2 nitrogen and oxygen atoms in total. The van der Waals surface area contributed by atoms with Crippen molar-refractivity contribution < 1.29 is 48.2 Å². The molecule has 14 heavy (non-hydrogen) atoms. The summed E-state index contributed by atoms with van der Waals surface area (Å²) in [6.07, 6.45) is 0. The molecule has 1 rings (SSSR count). The minimum Gasteiger partial charge on any atom is -0.544 e. The molecule has 0 bridgehead atoms. The van der Waals surface area contributed by atoms with Crippen LogP contribution < -0.4 is 34.7 Å². The van der Waals surface area contributed by atoms with Crippen LogP contribution in [0.5, 0.6) is 0 Å². The molecule has 70 valence electrons. The van der Waals surface area contributed by atoms with Gasteiger partial charge in [-0.2, -0.15) is 8.78 Å². The number of carboxylic acids is 1. The number of alkyl halides is 2. The van der Waals surface area contributed by atoms with E-state index >= 15 is 0 Å². The third kappa shape index (κ3) is 3.02. The molecule has 0 aliphatic rings. The van der Waals surface area contributed by atoms with Gasteiger partial charge in [0.2, 0.25) is 0 Å². The first-order chi connectivity index (χ1) is 5.94. The Bertz CT molecular complexity index is 344. The SMILES string of the molecule is O=C([O-])C(F)(F)c1cccc(Br)c1.[Na+]. The molecule has 1 aromatic carbocycles. The molecule has 0 aromatic heterocycles. The Morgan fingerprint density at radius 3 is 2.43 bits per heavy atom. The predicted molar refractivity (Wildman–Crippen MR) is 43.0 cm³/mol. The van der Waals surface area contributed by atoms with Crippen LogP contribution in [-0.2, 0) is 10.7 Å². The Kier molecular flexibility index (Phi) is 5.22. The molecule has 0 spiro atoms. The first kappa shape index (κ1) is 14.0. The second-order valence-corrected chi connectivity index (χ2v) is 3.29. The van der Waals surface area contributed by atoms with Crippen LogP contribution in [0.2, 0.25) is 0 Å². The monoisotopic (exact) mass is 272 g/mol. The average Bonchev–Trinajstić information content (AvgIpc) is 2.04. The molecule has 0 aliphatic carbocycles. The zero-order chi connectivity index (χ0) is 10.1. The summed E-state index contributed by atoms with van der Waals surface area (Å²) in [5, 5.41) is 10.1. The number of carbonyl (C=O) groups is 1. The van der Waals surface area contributed by atoms with Crippen LogP contribution in [-0.4, -0.2) is 5.97 Å². The summed E-state index contributed by atoms with van der Waals surface area (Å²) >= 11 is 2.96. The number of benzene rings is 1. The van der Waals surface area contributed by atoms with E-state index in [1.807, 2.05) is 0 Å². The third-order valence-electron chi connectivity index (χ3n) is 1.44. The summed E-state index contributed by atoms with van der Waals surface area (Å²) in [7, 11) is 0. The van der Waals surface area contributed by atoms with Gasteiger partial charge in [-0.15, -0.1) is 0 Å². The van der Waals surface area contributed by atoms with Gasteiger partial charge in [0.1, 0.15) is 5.97 Å². The van der Waals surface area contributed by atoms with Gasteiger partial charge in [-0.1, -0.05) is 28.1 Å². The number of hydrogen-bond donors (Lipinski definition) is 0. The van der Waals surface area contributed by atoms with Crippen LogP contribution in [0.4, 0.5) is 8.78 Å². The minimum atomic E-state index is -3.94. The van der Waals surface area contributed by atoms with Crippen molar-refractivity contribution in [3.63, 3.8) is 0 Å². The van der Waals surface area contributed by atoms with Gasteiger partial charge in [0.05, 0.1) is 0 Å². The molecule has 0 aliphatic heterocycles. The molecule has 0 unspecified atom stereocenters.